The number of benzene rings is 1. The molecule has 3 heterocycles. The first-order chi connectivity index (χ1) is 12.7. The van der Waals surface area contributed by atoms with Crippen LogP contribution in [0.3, 0.4) is 0 Å². The molecule has 3 aromatic rings. The van der Waals surface area contributed by atoms with Gasteiger partial charge in [0.15, 0.2) is 10.8 Å². The Labute approximate surface area is 157 Å². The summed E-state index contributed by atoms with van der Waals surface area (Å²) < 4.78 is 7.87. The predicted octanol–water partition coefficient (Wildman–Crippen LogP) is 4.68. The minimum absolute atomic E-state index is 0.321. The van der Waals surface area contributed by atoms with Gasteiger partial charge in [-0.05, 0) is 44.1 Å². The van der Waals surface area contributed by atoms with Crippen molar-refractivity contribution in [1.82, 2.24) is 19.5 Å². The number of imidazole rings is 1. The van der Waals surface area contributed by atoms with Gasteiger partial charge in [0.1, 0.15) is 17.2 Å². The Morgan fingerprint density at radius 3 is 2.58 bits per heavy atom. The molecular weight excluding hydrogens is 348 g/mol. The number of hydrogen-bond acceptors (Lipinski definition) is 4. The van der Waals surface area contributed by atoms with E-state index in [1.165, 1.54) is 24.0 Å². The standard InChI is InChI=1S/C20H21ClN4O/c1-12-22-18(21)17-20(23-12)25(14-8-10-26-11-9-14)19(24-17)16-5-3-2-4-15(16)13-6-7-13/h2-5,13-14H,6-11H2,1H3. The number of ether oxygens (including phenoxy) is 1. The SMILES string of the molecule is Cc1nc(Cl)c2nc(-c3ccccc3C3CC3)n(C3CCOCC3)c2n1. The fourth-order valence-electron chi connectivity index (χ4n) is 3.97. The molecule has 5 rings (SSSR count). The molecule has 26 heavy (non-hydrogen) atoms. The first kappa shape index (κ1) is 16.2. The molecule has 134 valence electrons. The highest BCUT2D eigenvalue weighted by Crippen LogP contribution is 2.45. The summed E-state index contributed by atoms with van der Waals surface area (Å²) in [5, 5.41) is 0.434. The Hall–Kier alpha value is -1.98. The van der Waals surface area contributed by atoms with Crippen LogP contribution in [0.25, 0.3) is 22.6 Å². The molecule has 0 spiro atoms. The summed E-state index contributed by atoms with van der Waals surface area (Å²) in [5.41, 5.74) is 4.13. The zero-order valence-corrected chi connectivity index (χ0v) is 15.5. The highest BCUT2D eigenvalue weighted by molar-refractivity contribution is 6.33. The van der Waals surface area contributed by atoms with Crippen LogP contribution in [-0.4, -0.2) is 32.7 Å². The van der Waals surface area contributed by atoms with Crippen LogP contribution in [0.4, 0.5) is 0 Å². The lowest BCUT2D eigenvalue weighted by Gasteiger charge is -2.26. The normalized spacial score (nSPS) is 18.5. The molecule has 1 aliphatic heterocycles. The fraction of sp³-hybridized carbons (Fsp3) is 0.450. The first-order valence-electron chi connectivity index (χ1n) is 9.31. The average Bonchev–Trinajstić information content (AvgIpc) is 3.43. The summed E-state index contributed by atoms with van der Waals surface area (Å²) in [4.78, 5) is 14.0. The lowest BCUT2D eigenvalue weighted by Crippen LogP contribution is -2.21. The Bertz CT molecular complexity index is 973. The highest BCUT2D eigenvalue weighted by atomic mass is 35.5. The van der Waals surface area contributed by atoms with Crippen molar-refractivity contribution in [3.63, 3.8) is 0 Å². The largest absolute Gasteiger partial charge is 0.381 e. The second-order valence-electron chi connectivity index (χ2n) is 7.24. The summed E-state index contributed by atoms with van der Waals surface area (Å²) >= 11 is 6.44. The molecule has 1 aliphatic carbocycles. The number of hydrogen-bond donors (Lipinski definition) is 0. The van der Waals surface area contributed by atoms with Gasteiger partial charge in [-0.25, -0.2) is 15.0 Å². The van der Waals surface area contributed by atoms with Gasteiger partial charge >= 0.3 is 0 Å². The van der Waals surface area contributed by atoms with E-state index < -0.39 is 0 Å². The number of aromatic nitrogens is 4. The number of rotatable bonds is 3. The van der Waals surface area contributed by atoms with E-state index >= 15 is 0 Å². The van der Waals surface area contributed by atoms with E-state index in [9.17, 15) is 0 Å². The van der Waals surface area contributed by atoms with Gasteiger partial charge in [0.05, 0.1) is 0 Å². The van der Waals surface area contributed by atoms with E-state index in [2.05, 4.69) is 33.8 Å². The van der Waals surface area contributed by atoms with E-state index in [-0.39, 0.29) is 0 Å². The molecule has 0 unspecified atom stereocenters. The average molecular weight is 369 g/mol. The molecule has 6 heteroatoms. The Balaban J connectivity index is 1.78. The van der Waals surface area contributed by atoms with E-state index in [0.717, 1.165) is 37.5 Å². The molecule has 0 atom stereocenters. The van der Waals surface area contributed by atoms with Crippen LogP contribution in [0.5, 0.6) is 0 Å². The minimum Gasteiger partial charge on any atom is -0.381 e. The number of fused-ring (bicyclic) bond motifs is 1. The molecule has 0 radical (unpaired) electrons. The molecule has 5 nitrogen and oxygen atoms in total. The summed E-state index contributed by atoms with van der Waals surface area (Å²) in [6.07, 6.45) is 4.44. The molecular formula is C20H21ClN4O. The Morgan fingerprint density at radius 1 is 1.04 bits per heavy atom. The maximum Gasteiger partial charge on any atom is 0.165 e. The summed E-state index contributed by atoms with van der Waals surface area (Å²) in [7, 11) is 0. The maximum atomic E-state index is 6.44. The predicted molar refractivity (Wildman–Crippen MR) is 102 cm³/mol. The number of aryl methyl sites for hydroxylation is 1. The van der Waals surface area contributed by atoms with Crippen LogP contribution < -0.4 is 0 Å². The van der Waals surface area contributed by atoms with Crippen molar-refractivity contribution in [1.29, 1.82) is 0 Å². The van der Waals surface area contributed by atoms with Gasteiger partial charge in [-0.2, -0.15) is 0 Å². The second kappa shape index (κ2) is 6.32. The summed E-state index contributed by atoms with van der Waals surface area (Å²) in [5.74, 6) is 2.30. The van der Waals surface area contributed by atoms with E-state index in [1.54, 1.807) is 0 Å². The Morgan fingerprint density at radius 2 is 1.81 bits per heavy atom. The molecule has 2 aliphatic rings. The zero-order chi connectivity index (χ0) is 17.7. The summed E-state index contributed by atoms with van der Waals surface area (Å²) in [6, 6.07) is 8.95. The van der Waals surface area contributed by atoms with Crippen molar-refractivity contribution in [3.05, 3.63) is 40.8 Å². The first-order valence-corrected chi connectivity index (χ1v) is 9.69. The lowest BCUT2D eigenvalue weighted by atomic mass is 10.0. The number of halogens is 1. The fourth-order valence-corrected chi connectivity index (χ4v) is 4.22. The van der Waals surface area contributed by atoms with Gasteiger partial charge in [0, 0.05) is 24.8 Å². The molecule has 1 saturated heterocycles. The molecule has 2 aromatic heterocycles. The van der Waals surface area contributed by atoms with Gasteiger partial charge in [-0.1, -0.05) is 35.9 Å². The molecule has 0 N–H and O–H groups in total. The van der Waals surface area contributed by atoms with Crippen LogP contribution >= 0.6 is 11.6 Å². The highest BCUT2D eigenvalue weighted by Gasteiger charge is 2.30. The van der Waals surface area contributed by atoms with Crippen molar-refractivity contribution in [3.8, 4) is 11.4 Å². The maximum absolute atomic E-state index is 6.44. The van der Waals surface area contributed by atoms with Crippen LogP contribution in [0.1, 0.15) is 49.0 Å². The van der Waals surface area contributed by atoms with Gasteiger partial charge < -0.3 is 9.30 Å². The monoisotopic (exact) mass is 368 g/mol. The molecule has 0 amide bonds. The third-order valence-electron chi connectivity index (χ3n) is 5.38. The molecule has 2 fully saturated rings. The lowest BCUT2D eigenvalue weighted by molar-refractivity contribution is 0.0708. The second-order valence-corrected chi connectivity index (χ2v) is 7.60. The van der Waals surface area contributed by atoms with E-state index in [4.69, 9.17) is 26.3 Å². The Kier molecular flexibility index (Phi) is 3.94. The van der Waals surface area contributed by atoms with Crippen molar-refractivity contribution < 1.29 is 4.74 Å². The van der Waals surface area contributed by atoms with Crippen LogP contribution in [0.2, 0.25) is 5.15 Å². The van der Waals surface area contributed by atoms with Gasteiger partial charge in [0.2, 0.25) is 0 Å². The third kappa shape index (κ3) is 2.70. The van der Waals surface area contributed by atoms with Crippen molar-refractivity contribution in [2.24, 2.45) is 0 Å². The minimum atomic E-state index is 0.321. The molecule has 1 saturated carbocycles. The van der Waals surface area contributed by atoms with Crippen molar-refractivity contribution in [2.75, 3.05) is 13.2 Å². The summed E-state index contributed by atoms with van der Waals surface area (Å²) in [6.45, 7) is 3.42. The van der Waals surface area contributed by atoms with Crippen LogP contribution in [0, 0.1) is 6.92 Å². The third-order valence-corrected chi connectivity index (χ3v) is 5.65. The smallest absolute Gasteiger partial charge is 0.165 e. The molecule has 1 aromatic carbocycles. The zero-order valence-electron chi connectivity index (χ0n) is 14.8. The number of nitrogens with zero attached hydrogens (tertiary/aromatic N) is 4. The van der Waals surface area contributed by atoms with Crippen molar-refractivity contribution in [2.45, 2.75) is 44.6 Å². The van der Waals surface area contributed by atoms with Gasteiger partial charge in [0.25, 0.3) is 0 Å². The van der Waals surface area contributed by atoms with Crippen molar-refractivity contribution >= 4 is 22.8 Å². The van der Waals surface area contributed by atoms with E-state index in [1.807, 2.05) is 6.92 Å². The van der Waals surface area contributed by atoms with Gasteiger partial charge in [-0.15, -0.1) is 0 Å². The van der Waals surface area contributed by atoms with E-state index in [0.29, 0.717) is 28.5 Å². The van der Waals surface area contributed by atoms with Crippen LogP contribution in [-0.2, 0) is 4.74 Å². The molecule has 0 bridgehead atoms. The van der Waals surface area contributed by atoms with Crippen LogP contribution in [0.15, 0.2) is 24.3 Å². The topological polar surface area (TPSA) is 52.8 Å². The van der Waals surface area contributed by atoms with Gasteiger partial charge in [-0.3, -0.25) is 0 Å². The quantitative estimate of drug-likeness (QED) is 0.629.